The predicted octanol–water partition coefficient (Wildman–Crippen LogP) is 1.45. The van der Waals surface area contributed by atoms with E-state index >= 15 is 0 Å². The molecular weight excluding hydrogens is 242 g/mol. The largest absolute Gasteiger partial charge is 0.393 e. The Labute approximate surface area is 116 Å². The topological polar surface area (TPSA) is 61.7 Å². The molecule has 0 bridgehead atoms. The van der Waals surface area contributed by atoms with Crippen molar-refractivity contribution in [1.82, 2.24) is 5.32 Å². The van der Waals surface area contributed by atoms with Crippen LogP contribution in [0, 0.1) is 5.92 Å². The van der Waals surface area contributed by atoms with Crippen molar-refractivity contribution in [2.45, 2.75) is 69.7 Å². The molecular formula is C15H29NO3. The van der Waals surface area contributed by atoms with Crippen LogP contribution in [0.25, 0.3) is 0 Å². The molecule has 3 unspecified atom stereocenters. The molecule has 0 spiro atoms. The molecule has 0 aliphatic heterocycles. The average molecular weight is 271 g/mol. The zero-order chi connectivity index (χ0) is 13.5. The van der Waals surface area contributed by atoms with E-state index in [1.54, 1.807) is 0 Å². The molecule has 2 fully saturated rings. The van der Waals surface area contributed by atoms with Crippen molar-refractivity contribution in [2.24, 2.45) is 5.92 Å². The lowest BCUT2D eigenvalue weighted by Crippen LogP contribution is -2.38. The highest BCUT2D eigenvalue weighted by atomic mass is 16.5. The molecule has 3 atom stereocenters. The van der Waals surface area contributed by atoms with E-state index in [0.29, 0.717) is 25.2 Å². The quantitative estimate of drug-likeness (QED) is 0.656. The van der Waals surface area contributed by atoms with Gasteiger partial charge in [-0.15, -0.1) is 0 Å². The minimum Gasteiger partial charge on any atom is -0.393 e. The SMILES string of the molecule is OC(CNCC1CCCCC1O)COC1CCCC1. The number of nitrogens with one attached hydrogen (secondary N) is 1. The lowest BCUT2D eigenvalue weighted by molar-refractivity contribution is -0.00675. The summed E-state index contributed by atoms with van der Waals surface area (Å²) in [7, 11) is 0. The van der Waals surface area contributed by atoms with E-state index in [-0.39, 0.29) is 6.10 Å². The molecule has 19 heavy (non-hydrogen) atoms. The van der Waals surface area contributed by atoms with Gasteiger partial charge >= 0.3 is 0 Å². The Morgan fingerprint density at radius 2 is 1.74 bits per heavy atom. The van der Waals surface area contributed by atoms with Gasteiger partial charge in [-0.3, -0.25) is 0 Å². The Balaban J connectivity index is 1.51. The Bertz CT molecular complexity index is 244. The zero-order valence-electron chi connectivity index (χ0n) is 11.9. The van der Waals surface area contributed by atoms with Crippen molar-refractivity contribution >= 4 is 0 Å². The van der Waals surface area contributed by atoms with Gasteiger partial charge in [-0.05, 0) is 31.6 Å². The maximum absolute atomic E-state index is 9.85. The van der Waals surface area contributed by atoms with Gasteiger partial charge in [-0.1, -0.05) is 25.7 Å². The van der Waals surface area contributed by atoms with Gasteiger partial charge in [0.25, 0.3) is 0 Å². The second-order valence-electron chi connectivity index (χ2n) is 6.16. The molecule has 4 nitrogen and oxygen atoms in total. The van der Waals surface area contributed by atoms with Crippen molar-refractivity contribution < 1.29 is 14.9 Å². The summed E-state index contributed by atoms with van der Waals surface area (Å²) in [5, 5.41) is 23.0. The molecule has 2 saturated carbocycles. The molecule has 112 valence electrons. The zero-order valence-corrected chi connectivity index (χ0v) is 11.9. The first-order valence-electron chi connectivity index (χ1n) is 7.94. The predicted molar refractivity (Wildman–Crippen MR) is 75.0 cm³/mol. The van der Waals surface area contributed by atoms with Gasteiger partial charge in [0.2, 0.25) is 0 Å². The molecule has 0 saturated heterocycles. The Morgan fingerprint density at radius 3 is 2.47 bits per heavy atom. The van der Waals surface area contributed by atoms with Crippen LogP contribution in [0.5, 0.6) is 0 Å². The summed E-state index contributed by atoms with van der Waals surface area (Å²) in [5.41, 5.74) is 0. The maximum Gasteiger partial charge on any atom is 0.0897 e. The smallest absolute Gasteiger partial charge is 0.0897 e. The van der Waals surface area contributed by atoms with Gasteiger partial charge in [0.05, 0.1) is 24.9 Å². The summed E-state index contributed by atoms with van der Waals surface area (Å²) < 4.78 is 5.69. The van der Waals surface area contributed by atoms with E-state index in [4.69, 9.17) is 4.74 Å². The van der Waals surface area contributed by atoms with Gasteiger partial charge in [0.1, 0.15) is 0 Å². The van der Waals surface area contributed by atoms with Crippen molar-refractivity contribution in [3.05, 3.63) is 0 Å². The number of hydrogen-bond donors (Lipinski definition) is 3. The molecule has 2 aliphatic rings. The number of hydrogen-bond acceptors (Lipinski definition) is 4. The second-order valence-corrected chi connectivity index (χ2v) is 6.16. The minimum atomic E-state index is -0.429. The maximum atomic E-state index is 9.85. The first-order valence-corrected chi connectivity index (χ1v) is 7.94. The fourth-order valence-electron chi connectivity index (χ4n) is 3.22. The third-order valence-electron chi connectivity index (χ3n) is 4.48. The van der Waals surface area contributed by atoms with Gasteiger partial charge in [-0.25, -0.2) is 0 Å². The van der Waals surface area contributed by atoms with Gasteiger partial charge in [0, 0.05) is 13.1 Å². The summed E-state index contributed by atoms with van der Waals surface area (Å²) in [5.74, 6) is 0.358. The summed E-state index contributed by atoms with van der Waals surface area (Å²) in [4.78, 5) is 0. The molecule has 0 heterocycles. The minimum absolute atomic E-state index is 0.159. The van der Waals surface area contributed by atoms with Crippen molar-refractivity contribution in [3.63, 3.8) is 0 Å². The van der Waals surface area contributed by atoms with Crippen LogP contribution < -0.4 is 5.32 Å². The van der Waals surface area contributed by atoms with Crippen LogP contribution in [-0.4, -0.2) is 48.2 Å². The molecule has 0 radical (unpaired) electrons. The van der Waals surface area contributed by atoms with E-state index < -0.39 is 6.10 Å². The van der Waals surface area contributed by atoms with E-state index in [9.17, 15) is 10.2 Å². The van der Waals surface area contributed by atoms with Crippen molar-refractivity contribution in [3.8, 4) is 0 Å². The summed E-state index contributed by atoms with van der Waals surface area (Å²) >= 11 is 0. The lowest BCUT2D eigenvalue weighted by Gasteiger charge is -2.28. The third-order valence-corrected chi connectivity index (χ3v) is 4.48. The van der Waals surface area contributed by atoms with Crippen LogP contribution in [0.1, 0.15) is 51.4 Å². The molecule has 2 rings (SSSR count). The van der Waals surface area contributed by atoms with Crippen LogP contribution in [0.3, 0.4) is 0 Å². The van der Waals surface area contributed by atoms with Crippen molar-refractivity contribution in [1.29, 1.82) is 0 Å². The number of aliphatic hydroxyl groups is 2. The average Bonchev–Trinajstić information content (AvgIpc) is 2.92. The molecule has 2 aliphatic carbocycles. The van der Waals surface area contributed by atoms with Gasteiger partial charge in [0.15, 0.2) is 0 Å². The van der Waals surface area contributed by atoms with Crippen LogP contribution in [-0.2, 0) is 4.74 Å². The molecule has 0 aromatic carbocycles. The van der Waals surface area contributed by atoms with E-state index in [2.05, 4.69) is 5.32 Å². The van der Waals surface area contributed by atoms with Crippen LogP contribution in [0.4, 0.5) is 0 Å². The fraction of sp³-hybridized carbons (Fsp3) is 1.00. The number of rotatable bonds is 7. The summed E-state index contributed by atoms with van der Waals surface area (Å²) in [6.45, 7) is 1.81. The van der Waals surface area contributed by atoms with Gasteiger partial charge < -0.3 is 20.3 Å². The van der Waals surface area contributed by atoms with E-state index in [0.717, 1.165) is 38.6 Å². The van der Waals surface area contributed by atoms with Crippen LogP contribution in [0.15, 0.2) is 0 Å². The Morgan fingerprint density at radius 1 is 1.05 bits per heavy atom. The first-order chi connectivity index (χ1) is 9.25. The Kier molecular flexibility index (Phi) is 6.57. The fourth-order valence-corrected chi connectivity index (χ4v) is 3.22. The number of ether oxygens (including phenoxy) is 1. The van der Waals surface area contributed by atoms with Crippen LogP contribution >= 0.6 is 0 Å². The molecule has 0 aromatic rings. The Hall–Kier alpha value is -0.160. The highest BCUT2D eigenvalue weighted by Gasteiger charge is 2.22. The summed E-state index contributed by atoms with van der Waals surface area (Å²) in [6, 6.07) is 0. The summed E-state index contributed by atoms with van der Waals surface area (Å²) in [6.07, 6.45) is 9.00. The first kappa shape index (κ1) is 15.2. The van der Waals surface area contributed by atoms with Crippen LogP contribution in [0.2, 0.25) is 0 Å². The molecule has 0 amide bonds. The van der Waals surface area contributed by atoms with Crippen molar-refractivity contribution in [2.75, 3.05) is 19.7 Å². The highest BCUT2D eigenvalue weighted by molar-refractivity contribution is 4.76. The van der Waals surface area contributed by atoms with E-state index in [1.165, 1.54) is 19.3 Å². The van der Waals surface area contributed by atoms with Gasteiger partial charge in [-0.2, -0.15) is 0 Å². The van der Waals surface area contributed by atoms with E-state index in [1.807, 2.05) is 0 Å². The standard InChI is InChI=1S/C15H29NO3/c17-13(11-19-14-6-2-3-7-14)10-16-9-12-5-1-4-8-15(12)18/h12-18H,1-11H2. The normalized spacial score (nSPS) is 30.6. The third kappa shape index (κ3) is 5.38. The lowest BCUT2D eigenvalue weighted by atomic mass is 9.86. The second kappa shape index (κ2) is 8.20. The monoisotopic (exact) mass is 271 g/mol. The molecule has 0 aromatic heterocycles. The molecule has 3 N–H and O–H groups in total. The highest BCUT2D eigenvalue weighted by Crippen LogP contribution is 2.23. The molecule has 4 heteroatoms. The number of aliphatic hydroxyl groups excluding tert-OH is 2.